The van der Waals surface area contributed by atoms with Crippen LogP contribution < -0.4 is 5.32 Å². The molecule has 2 N–H and O–H groups in total. The molecular weight excluding hydrogens is 236 g/mol. The minimum absolute atomic E-state index is 0.155. The van der Waals surface area contributed by atoms with Gasteiger partial charge in [-0.05, 0) is 38.5 Å². The number of hydrogen-bond donors (Lipinski definition) is 2. The predicted molar refractivity (Wildman–Crippen MR) is 82.4 cm³/mol. The van der Waals surface area contributed by atoms with Crippen LogP contribution in [-0.4, -0.2) is 47.3 Å². The standard InChI is InChI=1S/C16H34N2O/c1-12(2)17-16(6,11-19)7-8-18-10-13(3)9-14(4)15(18)5/h12-15,17,19H,7-11H2,1-6H3. The Bertz CT molecular complexity index is 269. The average molecular weight is 270 g/mol. The molecule has 3 heteroatoms. The maximum absolute atomic E-state index is 9.65. The van der Waals surface area contributed by atoms with Crippen LogP contribution in [0.5, 0.6) is 0 Å². The molecule has 19 heavy (non-hydrogen) atoms. The lowest BCUT2D eigenvalue weighted by Gasteiger charge is -2.43. The van der Waals surface area contributed by atoms with Crippen molar-refractivity contribution in [2.24, 2.45) is 11.8 Å². The molecule has 114 valence electrons. The molecule has 1 aliphatic heterocycles. The van der Waals surface area contributed by atoms with Crippen molar-refractivity contribution >= 4 is 0 Å². The van der Waals surface area contributed by atoms with Gasteiger partial charge in [-0.15, -0.1) is 0 Å². The molecule has 0 aromatic rings. The Morgan fingerprint density at radius 2 is 1.95 bits per heavy atom. The van der Waals surface area contributed by atoms with Gasteiger partial charge >= 0.3 is 0 Å². The van der Waals surface area contributed by atoms with E-state index in [1.54, 1.807) is 0 Å². The highest BCUT2D eigenvalue weighted by atomic mass is 16.3. The molecule has 0 spiro atoms. The smallest absolute Gasteiger partial charge is 0.0611 e. The van der Waals surface area contributed by atoms with E-state index in [0.717, 1.165) is 24.8 Å². The van der Waals surface area contributed by atoms with Crippen molar-refractivity contribution in [3.8, 4) is 0 Å². The monoisotopic (exact) mass is 270 g/mol. The third kappa shape index (κ3) is 5.05. The largest absolute Gasteiger partial charge is 0.394 e. The number of nitrogens with one attached hydrogen (secondary N) is 1. The summed E-state index contributed by atoms with van der Waals surface area (Å²) in [5.41, 5.74) is -0.155. The average Bonchev–Trinajstić information content (AvgIpc) is 2.31. The first-order valence-electron chi connectivity index (χ1n) is 7.90. The van der Waals surface area contributed by atoms with E-state index in [9.17, 15) is 5.11 Å². The quantitative estimate of drug-likeness (QED) is 0.778. The van der Waals surface area contributed by atoms with Crippen molar-refractivity contribution in [2.75, 3.05) is 19.7 Å². The molecule has 0 aromatic heterocycles. The second kappa shape index (κ2) is 7.05. The molecule has 0 aliphatic carbocycles. The molecule has 1 aliphatic rings. The van der Waals surface area contributed by atoms with Gasteiger partial charge in [0, 0.05) is 30.7 Å². The van der Waals surface area contributed by atoms with E-state index in [1.165, 1.54) is 13.0 Å². The number of likely N-dealkylation sites (tertiary alicyclic amines) is 1. The Balaban J connectivity index is 2.53. The van der Waals surface area contributed by atoms with Crippen molar-refractivity contribution in [3.63, 3.8) is 0 Å². The van der Waals surface area contributed by atoms with Gasteiger partial charge in [0.15, 0.2) is 0 Å². The Morgan fingerprint density at radius 3 is 2.47 bits per heavy atom. The Labute approximate surface area is 119 Å². The first-order valence-corrected chi connectivity index (χ1v) is 7.90. The van der Waals surface area contributed by atoms with Crippen LogP contribution in [0.2, 0.25) is 0 Å². The minimum atomic E-state index is -0.155. The van der Waals surface area contributed by atoms with Crippen LogP contribution in [0.1, 0.15) is 54.4 Å². The maximum Gasteiger partial charge on any atom is 0.0611 e. The van der Waals surface area contributed by atoms with E-state index in [-0.39, 0.29) is 12.1 Å². The zero-order valence-corrected chi connectivity index (χ0v) is 13.7. The van der Waals surface area contributed by atoms with Gasteiger partial charge in [0.1, 0.15) is 0 Å². The number of aliphatic hydroxyl groups excluding tert-OH is 1. The third-order valence-corrected chi connectivity index (χ3v) is 4.66. The maximum atomic E-state index is 9.65. The number of piperidine rings is 1. The van der Waals surface area contributed by atoms with Crippen molar-refractivity contribution < 1.29 is 5.11 Å². The van der Waals surface area contributed by atoms with E-state index in [1.807, 2.05) is 0 Å². The van der Waals surface area contributed by atoms with Crippen LogP contribution in [0.15, 0.2) is 0 Å². The lowest BCUT2D eigenvalue weighted by molar-refractivity contribution is 0.0610. The molecule has 0 aromatic carbocycles. The zero-order chi connectivity index (χ0) is 14.6. The number of rotatable bonds is 6. The van der Waals surface area contributed by atoms with Crippen LogP contribution in [-0.2, 0) is 0 Å². The topological polar surface area (TPSA) is 35.5 Å². The summed E-state index contributed by atoms with van der Waals surface area (Å²) in [7, 11) is 0. The first kappa shape index (κ1) is 16.9. The fourth-order valence-electron chi connectivity index (χ4n) is 3.41. The highest BCUT2D eigenvalue weighted by molar-refractivity contribution is 4.88. The van der Waals surface area contributed by atoms with Gasteiger partial charge in [-0.2, -0.15) is 0 Å². The lowest BCUT2D eigenvalue weighted by Crippen LogP contribution is -2.53. The highest BCUT2D eigenvalue weighted by Crippen LogP contribution is 2.27. The molecule has 1 fully saturated rings. The third-order valence-electron chi connectivity index (χ3n) is 4.66. The number of nitrogens with zero attached hydrogens (tertiary/aromatic N) is 1. The van der Waals surface area contributed by atoms with Gasteiger partial charge in [0.25, 0.3) is 0 Å². The van der Waals surface area contributed by atoms with Gasteiger partial charge in [0.2, 0.25) is 0 Å². The lowest BCUT2D eigenvalue weighted by atomic mass is 9.85. The van der Waals surface area contributed by atoms with E-state index in [0.29, 0.717) is 12.1 Å². The molecule has 4 atom stereocenters. The van der Waals surface area contributed by atoms with Crippen molar-refractivity contribution in [1.82, 2.24) is 10.2 Å². The summed E-state index contributed by atoms with van der Waals surface area (Å²) in [6, 6.07) is 1.08. The molecule has 3 nitrogen and oxygen atoms in total. The molecule has 4 unspecified atom stereocenters. The Hall–Kier alpha value is -0.120. The van der Waals surface area contributed by atoms with Gasteiger partial charge in [-0.25, -0.2) is 0 Å². The van der Waals surface area contributed by atoms with Crippen LogP contribution in [0.3, 0.4) is 0 Å². The summed E-state index contributed by atoms with van der Waals surface area (Å²) in [6.07, 6.45) is 2.35. The number of hydrogen-bond acceptors (Lipinski definition) is 3. The Morgan fingerprint density at radius 1 is 1.32 bits per heavy atom. The molecular formula is C16H34N2O. The van der Waals surface area contributed by atoms with Gasteiger partial charge in [0.05, 0.1) is 6.61 Å². The van der Waals surface area contributed by atoms with Crippen molar-refractivity contribution in [3.05, 3.63) is 0 Å². The molecule has 0 amide bonds. The van der Waals surface area contributed by atoms with E-state index < -0.39 is 0 Å². The van der Waals surface area contributed by atoms with Crippen molar-refractivity contribution in [1.29, 1.82) is 0 Å². The highest BCUT2D eigenvalue weighted by Gasteiger charge is 2.31. The second-order valence-corrected chi connectivity index (χ2v) is 7.32. The Kier molecular flexibility index (Phi) is 6.28. The van der Waals surface area contributed by atoms with Crippen LogP contribution >= 0.6 is 0 Å². The predicted octanol–water partition coefficient (Wildman–Crippen LogP) is 2.49. The SMILES string of the molecule is CC1CC(C)C(C)N(CCC(C)(CO)NC(C)C)C1. The fraction of sp³-hybridized carbons (Fsp3) is 1.00. The number of aliphatic hydroxyl groups is 1. The second-order valence-electron chi connectivity index (χ2n) is 7.32. The minimum Gasteiger partial charge on any atom is -0.394 e. The summed E-state index contributed by atoms with van der Waals surface area (Å²) in [5, 5.41) is 13.2. The summed E-state index contributed by atoms with van der Waals surface area (Å²) < 4.78 is 0. The summed E-state index contributed by atoms with van der Waals surface area (Å²) in [4.78, 5) is 2.61. The molecule has 0 radical (unpaired) electrons. The van der Waals surface area contributed by atoms with Gasteiger partial charge in [-0.3, -0.25) is 0 Å². The first-order chi connectivity index (χ1) is 8.77. The van der Waals surface area contributed by atoms with Crippen LogP contribution in [0, 0.1) is 11.8 Å². The van der Waals surface area contributed by atoms with Gasteiger partial charge < -0.3 is 15.3 Å². The molecule has 1 heterocycles. The summed E-state index contributed by atoms with van der Waals surface area (Å²) in [6.45, 7) is 16.0. The van der Waals surface area contributed by atoms with Crippen molar-refractivity contribution in [2.45, 2.75) is 72.0 Å². The van der Waals surface area contributed by atoms with Crippen LogP contribution in [0.4, 0.5) is 0 Å². The van der Waals surface area contributed by atoms with Crippen LogP contribution in [0.25, 0.3) is 0 Å². The van der Waals surface area contributed by atoms with E-state index in [4.69, 9.17) is 0 Å². The molecule has 1 rings (SSSR count). The summed E-state index contributed by atoms with van der Waals surface area (Å²) >= 11 is 0. The summed E-state index contributed by atoms with van der Waals surface area (Å²) in [5.74, 6) is 1.58. The fourth-order valence-corrected chi connectivity index (χ4v) is 3.41. The van der Waals surface area contributed by atoms with Gasteiger partial charge in [-0.1, -0.05) is 27.7 Å². The van der Waals surface area contributed by atoms with E-state index >= 15 is 0 Å². The molecule has 0 saturated carbocycles. The normalized spacial score (nSPS) is 32.5. The molecule has 1 saturated heterocycles. The molecule has 0 bridgehead atoms. The van der Waals surface area contributed by atoms with E-state index in [2.05, 4.69) is 51.8 Å². The zero-order valence-electron chi connectivity index (χ0n) is 13.7.